The lowest BCUT2D eigenvalue weighted by Gasteiger charge is -2.51. The van der Waals surface area contributed by atoms with Crippen LogP contribution < -0.4 is 5.73 Å². The van der Waals surface area contributed by atoms with Crippen LogP contribution in [0.4, 0.5) is 14.5 Å². The summed E-state index contributed by atoms with van der Waals surface area (Å²) in [5.41, 5.74) is 11.0. The van der Waals surface area contributed by atoms with Crippen LogP contribution in [0.2, 0.25) is 0 Å². The van der Waals surface area contributed by atoms with Crippen LogP contribution in [-0.2, 0) is 22.2 Å². The van der Waals surface area contributed by atoms with Gasteiger partial charge in [-0.15, -0.1) is 0 Å². The largest absolute Gasteiger partial charge is 0.398 e. The fourth-order valence-electron chi connectivity index (χ4n) is 6.75. The van der Waals surface area contributed by atoms with Gasteiger partial charge >= 0.3 is 0 Å². The zero-order valence-corrected chi connectivity index (χ0v) is 18.0. The highest BCUT2D eigenvalue weighted by atomic mass is 19.1. The molecule has 2 aliphatic carbocycles. The van der Waals surface area contributed by atoms with E-state index < -0.39 is 11.6 Å². The van der Waals surface area contributed by atoms with Gasteiger partial charge in [0.25, 0.3) is 0 Å². The maximum atomic E-state index is 13.8. The molecule has 160 valence electrons. The maximum Gasteiger partial charge on any atom is 0.131 e. The summed E-state index contributed by atoms with van der Waals surface area (Å²) in [5.74, 6) is -1.12. The van der Waals surface area contributed by atoms with Crippen LogP contribution in [-0.4, -0.2) is 30.6 Å². The molecule has 1 saturated heterocycles. The smallest absolute Gasteiger partial charge is 0.131 e. The summed E-state index contributed by atoms with van der Waals surface area (Å²) < 4.78 is 32.7. The topological polar surface area (TPSA) is 38.5 Å². The van der Waals surface area contributed by atoms with Crippen LogP contribution in [0.3, 0.4) is 0 Å². The lowest BCUT2D eigenvalue weighted by molar-refractivity contribution is 0.0225. The van der Waals surface area contributed by atoms with Crippen LogP contribution in [0.1, 0.15) is 50.3 Å². The summed E-state index contributed by atoms with van der Waals surface area (Å²) in [7, 11) is 0. The molecule has 1 aliphatic heterocycles. The number of anilines is 1. The molecule has 2 aromatic rings. The Balaban J connectivity index is 1.33. The first-order valence-electron chi connectivity index (χ1n) is 10.8. The Bertz CT molecular complexity index is 1010. The van der Waals surface area contributed by atoms with E-state index in [1.165, 1.54) is 23.3 Å². The van der Waals surface area contributed by atoms with Crippen LogP contribution >= 0.6 is 0 Å². The summed E-state index contributed by atoms with van der Waals surface area (Å²) >= 11 is 0. The van der Waals surface area contributed by atoms with E-state index in [1.807, 2.05) is 6.07 Å². The molecule has 3 nitrogen and oxygen atoms in total. The standard InChI is InChI=1S/C25H30F2N2O/c1-23(2)21-12-25(14-24(23,3)18-5-4-6-20(28)22(18)25)15-29(21)9-10-30-13-16-7-8-17(26)11-19(16)27/h4-8,11,21H,9-10,12-15,28H2,1-3H3/t21-,24-,25?/m1/s1. The molecular weight excluding hydrogens is 382 g/mol. The number of hydrogen-bond donors (Lipinski definition) is 1. The predicted octanol–water partition coefficient (Wildman–Crippen LogP) is 4.78. The molecule has 2 aromatic carbocycles. The van der Waals surface area contributed by atoms with Crippen molar-refractivity contribution in [2.45, 2.75) is 57.1 Å². The first kappa shape index (κ1) is 20.0. The first-order chi connectivity index (χ1) is 14.2. The third kappa shape index (κ3) is 2.61. The molecule has 1 unspecified atom stereocenters. The van der Waals surface area contributed by atoms with Gasteiger partial charge in [-0.25, -0.2) is 8.78 Å². The second kappa shape index (κ2) is 6.51. The summed E-state index contributed by atoms with van der Waals surface area (Å²) in [4.78, 5) is 2.56. The van der Waals surface area contributed by atoms with Crippen molar-refractivity contribution in [2.75, 3.05) is 25.4 Å². The van der Waals surface area contributed by atoms with Gasteiger partial charge in [-0.1, -0.05) is 39.0 Å². The van der Waals surface area contributed by atoms with Crippen molar-refractivity contribution in [2.24, 2.45) is 5.41 Å². The van der Waals surface area contributed by atoms with Gasteiger partial charge in [0.1, 0.15) is 11.6 Å². The van der Waals surface area contributed by atoms with Crippen molar-refractivity contribution >= 4 is 5.69 Å². The van der Waals surface area contributed by atoms with Crippen LogP contribution in [0, 0.1) is 17.0 Å². The molecule has 2 fully saturated rings. The summed E-state index contributed by atoms with van der Waals surface area (Å²) in [6.45, 7) is 9.68. The zero-order valence-electron chi connectivity index (χ0n) is 18.0. The zero-order chi connectivity index (χ0) is 21.3. The van der Waals surface area contributed by atoms with Gasteiger partial charge in [-0.2, -0.15) is 0 Å². The van der Waals surface area contributed by atoms with Crippen molar-refractivity contribution in [3.63, 3.8) is 0 Å². The van der Waals surface area contributed by atoms with E-state index in [1.54, 1.807) is 0 Å². The van der Waals surface area contributed by atoms with Crippen molar-refractivity contribution in [3.8, 4) is 0 Å². The Kier molecular flexibility index (Phi) is 4.33. The number of nitrogens with zero attached hydrogens (tertiary/aromatic N) is 1. The minimum Gasteiger partial charge on any atom is -0.398 e. The quantitative estimate of drug-likeness (QED) is 0.568. The molecule has 1 spiro atoms. The second-order valence-corrected chi connectivity index (χ2v) is 10.3. The van der Waals surface area contributed by atoms with Crippen molar-refractivity contribution in [3.05, 3.63) is 64.7 Å². The molecule has 3 aliphatic rings. The number of nitrogens with two attached hydrogens (primary N) is 1. The van der Waals surface area contributed by atoms with Crippen molar-refractivity contribution < 1.29 is 13.5 Å². The fourth-order valence-corrected chi connectivity index (χ4v) is 6.75. The number of likely N-dealkylation sites (tertiary alicyclic amines) is 1. The Morgan fingerprint density at radius 2 is 1.97 bits per heavy atom. The molecule has 0 amide bonds. The van der Waals surface area contributed by atoms with E-state index in [0.29, 0.717) is 18.2 Å². The number of hydrogen-bond acceptors (Lipinski definition) is 3. The highest BCUT2D eigenvalue weighted by Gasteiger charge is 2.68. The average molecular weight is 413 g/mol. The Morgan fingerprint density at radius 1 is 1.17 bits per heavy atom. The molecule has 5 heteroatoms. The lowest BCUT2D eigenvalue weighted by atomic mass is 9.54. The van der Waals surface area contributed by atoms with Crippen LogP contribution in [0.5, 0.6) is 0 Å². The molecule has 3 atom stereocenters. The Morgan fingerprint density at radius 3 is 2.73 bits per heavy atom. The number of nitrogen functional groups attached to an aromatic ring is 1. The highest BCUT2D eigenvalue weighted by molar-refractivity contribution is 5.63. The lowest BCUT2D eigenvalue weighted by Crippen LogP contribution is -2.53. The van der Waals surface area contributed by atoms with Gasteiger partial charge < -0.3 is 10.5 Å². The van der Waals surface area contributed by atoms with E-state index >= 15 is 0 Å². The number of fused-ring (bicyclic) bond motifs is 4. The molecule has 5 rings (SSSR count). The number of ether oxygens (including phenoxy) is 1. The minimum absolute atomic E-state index is 0.105. The van der Waals surface area contributed by atoms with Gasteiger partial charge in [-0.3, -0.25) is 4.90 Å². The summed E-state index contributed by atoms with van der Waals surface area (Å²) in [5, 5.41) is 0. The molecule has 30 heavy (non-hydrogen) atoms. The van der Waals surface area contributed by atoms with E-state index in [2.05, 4.69) is 37.8 Å². The summed E-state index contributed by atoms with van der Waals surface area (Å²) in [6, 6.07) is 10.5. The van der Waals surface area contributed by atoms with Crippen molar-refractivity contribution in [1.29, 1.82) is 0 Å². The number of rotatable bonds is 5. The van der Waals surface area contributed by atoms with E-state index in [0.717, 1.165) is 37.7 Å². The van der Waals surface area contributed by atoms with E-state index in [4.69, 9.17) is 10.5 Å². The van der Waals surface area contributed by atoms with Gasteiger partial charge in [-0.05, 0) is 41.5 Å². The van der Waals surface area contributed by atoms with Gasteiger partial charge in [0.05, 0.1) is 13.2 Å². The third-order valence-electron chi connectivity index (χ3n) is 8.49. The monoisotopic (exact) mass is 412 g/mol. The maximum absolute atomic E-state index is 13.8. The molecule has 0 aromatic heterocycles. The number of halogens is 2. The predicted molar refractivity (Wildman–Crippen MR) is 114 cm³/mol. The first-order valence-corrected chi connectivity index (χ1v) is 10.8. The van der Waals surface area contributed by atoms with E-state index in [-0.39, 0.29) is 22.9 Å². The van der Waals surface area contributed by atoms with Crippen LogP contribution in [0.15, 0.2) is 36.4 Å². The molecule has 0 radical (unpaired) electrons. The van der Waals surface area contributed by atoms with Crippen LogP contribution in [0.25, 0.3) is 0 Å². The molecule has 3 bridgehead atoms. The highest BCUT2D eigenvalue weighted by Crippen LogP contribution is 2.69. The van der Waals surface area contributed by atoms with E-state index in [9.17, 15) is 8.78 Å². The second-order valence-electron chi connectivity index (χ2n) is 10.3. The fraction of sp³-hybridized carbons (Fsp3) is 0.520. The van der Waals surface area contributed by atoms with Crippen molar-refractivity contribution in [1.82, 2.24) is 4.90 Å². The molecular formula is C25H30F2N2O. The third-order valence-corrected chi connectivity index (χ3v) is 8.49. The van der Waals surface area contributed by atoms with Gasteiger partial charge in [0.15, 0.2) is 0 Å². The molecule has 1 saturated carbocycles. The summed E-state index contributed by atoms with van der Waals surface area (Å²) in [6.07, 6.45) is 2.27. The SMILES string of the molecule is CC1(C)[C@H]2CC3(CN2CCOCc2ccc(F)cc2F)C[C@]1(C)c1cccc(N)c13. The van der Waals surface area contributed by atoms with Gasteiger partial charge in [0, 0.05) is 47.3 Å². The normalized spacial score (nSPS) is 31.2. The minimum atomic E-state index is -0.565. The Hall–Kier alpha value is -1.98. The Labute approximate surface area is 177 Å². The average Bonchev–Trinajstić information content (AvgIpc) is 3.14. The molecule has 1 heterocycles. The van der Waals surface area contributed by atoms with Gasteiger partial charge in [0.2, 0.25) is 0 Å². The number of benzene rings is 2. The molecule has 2 N–H and O–H groups in total.